The number of aliphatic hydroxyl groups excluding tert-OH is 1. The molecule has 2 rings (SSSR count). The van der Waals surface area contributed by atoms with Crippen molar-refractivity contribution in [3.63, 3.8) is 0 Å². The van der Waals surface area contributed by atoms with Gasteiger partial charge in [-0.1, -0.05) is 13.0 Å². The van der Waals surface area contributed by atoms with Crippen LogP contribution >= 0.6 is 0 Å². The zero-order valence-electron chi connectivity index (χ0n) is 12.3. The van der Waals surface area contributed by atoms with Gasteiger partial charge in [0.05, 0.1) is 6.10 Å². The summed E-state index contributed by atoms with van der Waals surface area (Å²) in [6, 6.07) is 5.90. The second-order valence-corrected chi connectivity index (χ2v) is 6.22. The summed E-state index contributed by atoms with van der Waals surface area (Å²) in [6.45, 7) is 2.31. The van der Waals surface area contributed by atoms with Gasteiger partial charge in [0.2, 0.25) is 0 Å². The molecular formula is C16H26N2O. The van der Waals surface area contributed by atoms with E-state index in [-0.39, 0.29) is 11.6 Å². The van der Waals surface area contributed by atoms with Crippen LogP contribution in [0.25, 0.3) is 0 Å². The third-order valence-electron chi connectivity index (χ3n) is 4.78. The third-order valence-corrected chi connectivity index (χ3v) is 4.78. The largest absolute Gasteiger partial charge is 0.391 e. The minimum absolute atomic E-state index is 0.0793. The second kappa shape index (κ2) is 6.02. The number of hydrogen-bond donors (Lipinski definition) is 1. The molecule has 0 spiro atoms. The predicted molar refractivity (Wildman–Crippen MR) is 78.0 cm³/mol. The lowest BCUT2D eigenvalue weighted by atomic mass is 9.72. The van der Waals surface area contributed by atoms with Gasteiger partial charge in [0.15, 0.2) is 0 Å². The van der Waals surface area contributed by atoms with E-state index < -0.39 is 0 Å². The predicted octanol–water partition coefficient (Wildman–Crippen LogP) is 2.50. The van der Waals surface area contributed by atoms with Crippen molar-refractivity contribution < 1.29 is 5.11 Å². The smallest absolute Gasteiger partial charge is 0.0778 e. The lowest BCUT2D eigenvalue weighted by molar-refractivity contribution is -0.0386. The quantitative estimate of drug-likeness (QED) is 0.905. The van der Waals surface area contributed by atoms with E-state index in [0.29, 0.717) is 6.42 Å². The van der Waals surface area contributed by atoms with E-state index in [0.717, 1.165) is 24.5 Å². The van der Waals surface area contributed by atoms with Gasteiger partial charge in [-0.15, -0.1) is 0 Å². The molecule has 1 N–H and O–H groups in total. The highest BCUT2D eigenvalue weighted by molar-refractivity contribution is 5.08. The normalized spacial score (nSPS) is 29.4. The van der Waals surface area contributed by atoms with E-state index in [1.807, 2.05) is 18.2 Å². The van der Waals surface area contributed by atoms with Crippen molar-refractivity contribution in [2.24, 2.45) is 5.92 Å². The lowest BCUT2D eigenvalue weighted by Crippen LogP contribution is -2.56. The Morgan fingerprint density at radius 3 is 2.58 bits per heavy atom. The van der Waals surface area contributed by atoms with Crippen molar-refractivity contribution >= 4 is 0 Å². The minimum Gasteiger partial charge on any atom is -0.391 e. The molecule has 1 fully saturated rings. The number of aromatic nitrogens is 1. The molecule has 1 heterocycles. The molecule has 3 nitrogen and oxygen atoms in total. The Labute approximate surface area is 116 Å². The highest BCUT2D eigenvalue weighted by Crippen LogP contribution is 2.38. The monoisotopic (exact) mass is 262 g/mol. The number of pyridine rings is 1. The molecule has 1 unspecified atom stereocenters. The van der Waals surface area contributed by atoms with Crippen molar-refractivity contribution in [3.05, 3.63) is 30.1 Å². The molecule has 0 saturated heterocycles. The molecule has 0 aromatic carbocycles. The summed E-state index contributed by atoms with van der Waals surface area (Å²) in [5, 5.41) is 10.8. The molecule has 106 valence electrons. The first-order valence-electron chi connectivity index (χ1n) is 7.30. The Balaban J connectivity index is 2.11. The molecule has 0 amide bonds. The first kappa shape index (κ1) is 14.5. The van der Waals surface area contributed by atoms with Crippen LogP contribution in [-0.4, -0.2) is 40.7 Å². The number of likely N-dealkylation sites (N-methyl/N-ethyl adjacent to an activating group) is 1. The average Bonchev–Trinajstić information content (AvgIpc) is 2.40. The Hall–Kier alpha value is -0.930. The fourth-order valence-corrected chi connectivity index (χ4v) is 3.25. The van der Waals surface area contributed by atoms with Gasteiger partial charge in [0, 0.05) is 23.9 Å². The first-order valence-corrected chi connectivity index (χ1v) is 7.30. The van der Waals surface area contributed by atoms with Gasteiger partial charge in [-0.05, 0) is 57.8 Å². The summed E-state index contributed by atoms with van der Waals surface area (Å²) in [6.07, 6.45) is 6.67. The SMILES string of the molecule is CC1CCC(C(O)Cc2ccccn2)(N(C)C)CC1. The molecule has 1 aromatic heterocycles. The fourth-order valence-electron chi connectivity index (χ4n) is 3.25. The highest BCUT2D eigenvalue weighted by atomic mass is 16.3. The zero-order chi connectivity index (χ0) is 13.9. The Bertz CT molecular complexity index is 383. The Morgan fingerprint density at radius 2 is 2.05 bits per heavy atom. The van der Waals surface area contributed by atoms with Gasteiger partial charge in [-0.25, -0.2) is 0 Å². The Morgan fingerprint density at radius 1 is 1.37 bits per heavy atom. The van der Waals surface area contributed by atoms with E-state index in [1.54, 1.807) is 6.20 Å². The van der Waals surface area contributed by atoms with Crippen molar-refractivity contribution in [1.82, 2.24) is 9.88 Å². The highest BCUT2D eigenvalue weighted by Gasteiger charge is 2.42. The maximum absolute atomic E-state index is 10.8. The molecule has 0 aliphatic heterocycles. The molecule has 1 aliphatic carbocycles. The van der Waals surface area contributed by atoms with Crippen LogP contribution in [-0.2, 0) is 6.42 Å². The van der Waals surface area contributed by atoms with Gasteiger partial charge in [-0.3, -0.25) is 4.98 Å². The molecule has 19 heavy (non-hydrogen) atoms. The van der Waals surface area contributed by atoms with Crippen LogP contribution in [0.3, 0.4) is 0 Å². The van der Waals surface area contributed by atoms with Crippen LogP contribution in [0, 0.1) is 5.92 Å². The summed E-state index contributed by atoms with van der Waals surface area (Å²) in [5.41, 5.74) is 0.902. The van der Waals surface area contributed by atoms with Crippen LogP contribution in [0.15, 0.2) is 24.4 Å². The summed E-state index contributed by atoms with van der Waals surface area (Å²) in [5.74, 6) is 0.787. The van der Waals surface area contributed by atoms with Crippen molar-refractivity contribution in [2.45, 2.75) is 50.7 Å². The van der Waals surface area contributed by atoms with E-state index >= 15 is 0 Å². The summed E-state index contributed by atoms with van der Waals surface area (Å²) >= 11 is 0. The van der Waals surface area contributed by atoms with E-state index in [9.17, 15) is 5.11 Å². The van der Waals surface area contributed by atoms with Crippen LogP contribution in [0.4, 0.5) is 0 Å². The van der Waals surface area contributed by atoms with Crippen molar-refractivity contribution in [3.8, 4) is 0 Å². The average molecular weight is 262 g/mol. The van der Waals surface area contributed by atoms with E-state index in [2.05, 4.69) is 30.9 Å². The van der Waals surface area contributed by atoms with Crippen LogP contribution in [0.2, 0.25) is 0 Å². The maximum atomic E-state index is 10.8. The summed E-state index contributed by atoms with van der Waals surface area (Å²) in [4.78, 5) is 6.57. The minimum atomic E-state index is -0.343. The molecule has 1 saturated carbocycles. The topological polar surface area (TPSA) is 36.4 Å². The van der Waals surface area contributed by atoms with Crippen LogP contribution in [0.5, 0.6) is 0 Å². The van der Waals surface area contributed by atoms with Gasteiger partial charge >= 0.3 is 0 Å². The number of rotatable bonds is 4. The number of aliphatic hydroxyl groups is 1. The first-order chi connectivity index (χ1) is 9.04. The molecule has 3 heteroatoms. The van der Waals surface area contributed by atoms with E-state index in [1.165, 1.54) is 12.8 Å². The van der Waals surface area contributed by atoms with E-state index in [4.69, 9.17) is 0 Å². The molecule has 1 atom stereocenters. The standard InChI is InChI=1S/C16H26N2O/c1-13-7-9-16(10-8-13,18(2)3)15(19)12-14-6-4-5-11-17-14/h4-6,11,13,15,19H,7-10,12H2,1-3H3. The maximum Gasteiger partial charge on any atom is 0.0778 e. The van der Waals surface area contributed by atoms with Crippen LogP contribution < -0.4 is 0 Å². The fraction of sp³-hybridized carbons (Fsp3) is 0.688. The van der Waals surface area contributed by atoms with Crippen molar-refractivity contribution in [1.29, 1.82) is 0 Å². The second-order valence-electron chi connectivity index (χ2n) is 6.22. The molecule has 1 aromatic rings. The molecule has 0 bridgehead atoms. The van der Waals surface area contributed by atoms with Gasteiger partial charge < -0.3 is 10.0 Å². The van der Waals surface area contributed by atoms with Crippen LogP contribution in [0.1, 0.15) is 38.3 Å². The molecule has 1 aliphatic rings. The van der Waals surface area contributed by atoms with Gasteiger partial charge in [-0.2, -0.15) is 0 Å². The van der Waals surface area contributed by atoms with Gasteiger partial charge in [0.25, 0.3) is 0 Å². The Kier molecular flexibility index (Phi) is 4.58. The lowest BCUT2D eigenvalue weighted by Gasteiger charge is -2.47. The number of hydrogen-bond acceptors (Lipinski definition) is 3. The molecular weight excluding hydrogens is 236 g/mol. The van der Waals surface area contributed by atoms with Gasteiger partial charge in [0.1, 0.15) is 0 Å². The zero-order valence-corrected chi connectivity index (χ0v) is 12.3. The summed E-state index contributed by atoms with van der Waals surface area (Å²) in [7, 11) is 4.19. The number of nitrogens with zero attached hydrogens (tertiary/aromatic N) is 2. The third kappa shape index (κ3) is 3.15. The summed E-state index contributed by atoms with van der Waals surface area (Å²) < 4.78 is 0. The van der Waals surface area contributed by atoms with Crippen molar-refractivity contribution in [2.75, 3.05) is 14.1 Å². The molecule has 0 radical (unpaired) electrons.